The summed E-state index contributed by atoms with van der Waals surface area (Å²) >= 11 is 0. The van der Waals surface area contributed by atoms with Gasteiger partial charge in [-0.2, -0.15) is 5.26 Å². The molecule has 2 rings (SSSR count). The minimum absolute atomic E-state index is 0.120. The number of aryl methyl sites for hydroxylation is 1. The standard InChI is InChI=1S/C20H20N6O2/c21-12-13-23-20(28)18(11-8-15-4-2-1-3-5-15)25-19(27)17-9-6-16(7-10-17)14-24-26-22/h1-7,9-10,18H,8,11,13-14H2,(H,23,28)(H,25,27)/t18-/m0/s1. The van der Waals surface area contributed by atoms with E-state index in [1.165, 1.54) is 0 Å². The largest absolute Gasteiger partial charge is 0.341 e. The first-order valence-electron chi connectivity index (χ1n) is 8.73. The van der Waals surface area contributed by atoms with Crippen molar-refractivity contribution < 1.29 is 9.59 Å². The lowest BCUT2D eigenvalue weighted by atomic mass is 10.0. The summed E-state index contributed by atoms with van der Waals surface area (Å²) in [4.78, 5) is 27.6. The molecule has 8 heteroatoms. The maximum atomic E-state index is 12.5. The smallest absolute Gasteiger partial charge is 0.251 e. The Kier molecular flexibility index (Phi) is 8.06. The van der Waals surface area contributed by atoms with Gasteiger partial charge in [0.15, 0.2) is 0 Å². The highest BCUT2D eigenvalue weighted by atomic mass is 16.2. The van der Waals surface area contributed by atoms with Crippen molar-refractivity contribution in [2.24, 2.45) is 5.11 Å². The average molecular weight is 376 g/mol. The van der Waals surface area contributed by atoms with E-state index in [4.69, 9.17) is 10.8 Å². The molecule has 2 aromatic carbocycles. The van der Waals surface area contributed by atoms with Crippen LogP contribution in [0.5, 0.6) is 0 Å². The molecule has 0 aliphatic rings. The minimum Gasteiger partial charge on any atom is -0.341 e. The summed E-state index contributed by atoms with van der Waals surface area (Å²) in [5.41, 5.74) is 10.6. The first-order chi connectivity index (χ1) is 13.6. The van der Waals surface area contributed by atoms with Gasteiger partial charge in [-0.3, -0.25) is 9.59 Å². The van der Waals surface area contributed by atoms with E-state index in [1.807, 2.05) is 36.4 Å². The van der Waals surface area contributed by atoms with E-state index in [-0.39, 0.29) is 19.0 Å². The minimum atomic E-state index is -0.760. The van der Waals surface area contributed by atoms with Crippen molar-refractivity contribution in [2.45, 2.75) is 25.4 Å². The van der Waals surface area contributed by atoms with Crippen molar-refractivity contribution in [1.82, 2.24) is 10.6 Å². The summed E-state index contributed by atoms with van der Waals surface area (Å²) in [5.74, 6) is -0.786. The Morgan fingerprint density at radius 2 is 1.82 bits per heavy atom. The van der Waals surface area contributed by atoms with E-state index in [1.54, 1.807) is 24.3 Å². The molecule has 0 heterocycles. The zero-order chi connectivity index (χ0) is 20.2. The molecular weight excluding hydrogens is 356 g/mol. The lowest BCUT2D eigenvalue weighted by Gasteiger charge is -2.18. The molecule has 142 valence electrons. The lowest BCUT2D eigenvalue weighted by molar-refractivity contribution is -0.122. The van der Waals surface area contributed by atoms with Gasteiger partial charge in [0.1, 0.15) is 12.6 Å². The van der Waals surface area contributed by atoms with Crippen LogP contribution in [0.1, 0.15) is 27.9 Å². The zero-order valence-electron chi connectivity index (χ0n) is 15.2. The highest BCUT2D eigenvalue weighted by Crippen LogP contribution is 2.09. The maximum Gasteiger partial charge on any atom is 0.251 e. The van der Waals surface area contributed by atoms with Crippen LogP contribution in [-0.2, 0) is 17.8 Å². The summed E-state index contributed by atoms with van der Waals surface area (Å²) in [6.45, 7) is 0.0827. The Morgan fingerprint density at radius 3 is 2.46 bits per heavy atom. The maximum absolute atomic E-state index is 12.5. The summed E-state index contributed by atoms with van der Waals surface area (Å²) in [7, 11) is 0. The van der Waals surface area contributed by atoms with Crippen molar-refractivity contribution in [1.29, 1.82) is 5.26 Å². The number of nitrogens with zero attached hydrogens (tertiary/aromatic N) is 4. The van der Waals surface area contributed by atoms with Gasteiger partial charge in [-0.15, -0.1) is 0 Å². The second kappa shape index (κ2) is 11.0. The monoisotopic (exact) mass is 376 g/mol. The van der Waals surface area contributed by atoms with Crippen molar-refractivity contribution in [3.8, 4) is 6.07 Å². The molecule has 0 bridgehead atoms. The van der Waals surface area contributed by atoms with E-state index < -0.39 is 11.9 Å². The van der Waals surface area contributed by atoms with Gasteiger partial charge in [0, 0.05) is 10.5 Å². The average Bonchev–Trinajstić information content (AvgIpc) is 2.74. The van der Waals surface area contributed by atoms with Gasteiger partial charge < -0.3 is 10.6 Å². The highest BCUT2D eigenvalue weighted by Gasteiger charge is 2.21. The number of hydrogen-bond donors (Lipinski definition) is 2. The van der Waals surface area contributed by atoms with Crippen LogP contribution in [0.4, 0.5) is 0 Å². The van der Waals surface area contributed by atoms with E-state index in [9.17, 15) is 9.59 Å². The van der Waals surface area contributed by atoms with Crippen molar-refractivity contribution in [2.75, 3.05) is 6.54 Å². The second-order valence-corrected chi connectivity index (χ2v) is 6.01. The van der Waals surface area contributed by atoms with Gasteiger partial charge in [-0.25, -0.2) is 0 Å². The molecule has 0 aromatic heterocycles. The van der Waals surface area contributed by atoms with Gasteiger partial charge >= 0.3 is 0 Å². The molecule has 28 heavy (non-hydrogen) atoms. The zero-order valence-corrected chi connectivity index (χ0v) is 15.2. The Hall–Kier alpha value is -3.82. The Labute approximate surface area is 162 Å². The molecule has 2 aromatic rings. The van der Waals surface area contributed by atoms with Gasteiger partial charge in [-0.1, -0.05) is 47.6 Å². The molecule has 2 amide bonds. The molecule has 0 saturated heterocycles. The molecule has 0 aliphatic heterocycles. The summed E-state index contributed by atoms with van der Waals surface area (Å²) in [6.07, 6.45) is 1.01. The summed E-state index contributed by atoms with van der Waals surface area (Å²) in [5, 5.41) is 17.4. The fourth-order valence-electron chi connectivity index (χ4n) is 2.59. The number of amides is 2. The van der Waals surface area contributed by atoms with E-state index in [0.717, 1.165) is 11.1 Å². The normalized spacial score (nSPS) is 10.8. The van der Waals surface area contributed by atoms with Crippen LogP contribution in [0.25, 0.3) is 10.4 Å². The van der Waals surface area contributed by atoms with Crippen LogP contribution >= 0.6 is 0 Å². The third-order valence-corrected chi connectivity index (χ3v) is 4.06. The van der Waals surface area contributed by atoms with Crippen LogP contribution in [-0.4, -0.2) is 24.4 Å². The Bertz CT molecular complexity index is 883. The Morgan fingerprint density at radius 1 is 1.11 bits per heavy atom. The van der Waals surface area contributed by atoms with E-state index in [0.29, 0.717) is 18.4 Å². The fraction of sp³-hybridized carbons (Fsp3) is 0.250. The first-order valence-corrected chi connectivity index (χ1v) is 8.73. The molecule has 0 fully saturated rings. The van der Waals surface area contributed by atoms with Crippen LogP contribution in [0.15, 0.2) is 59.7 Å². The fourth-order valence-corrected chi connectivity index (χ4v) is 2.59. The third kappa shape index (κ3) is 6.48. The topological polar surface area (TPSA) is 131 Å². The van der Waals surface area contributed by atoms with Crippen LogP contribution in [0.3, 0.4) is 0 Å². The van der Waals surface area contributed by atoms with Crippen LogP contribution in [0.2, 0.25) is 0 Å². The number of rotatable bonds is 9. The highest BCUT2D eigenvalue weighted by molar-refractivity contribution is 5.97. The van der Waals surface area contributed by atoms with Crippen LogP contribution < -0.4 is 10.6 Å². The van der Waals surface area contributed by atoms with Crippen molar-refractivity contribution in [3.05, 3.63) is 81.7 Å². The van der Waals surface area contributed by atoms with Crippen molar-refractivity contribution in [3.63, 3.8) is 0 Å². The Balaban J connectivity index is 2.04. The number of azide groups is 1. The van der Waals surface area contributed by atoms with Gasteiger partial charge in [0.25, 0.3) is 5.91 Å². The lowest BCUT2D eigenvalue weighted by Crippen LogP contribution is -2.47. The van der Waals surface area contributed by atoms with Crippen LogP contribution in [0, 0.1) is 11.3 Å². The molecule has 0 spiro atoms. The number of benzene rings is 2. The molecule has 0 saturated carbocycles. The molecule has 0 radical (unpaired) electrons. The summed E-state index contributed by atoms with van der Waals surface area (Å²) < 4.78 is 0. The summed E-state index contributed by atoms with van der Waals surface area (Å²) in [6, 6.07) is 17.3. The molecule has 2 N–H and O–H groups in total. The second-order valence-electron chi connectivity index (χ2n) is 6.01. The molecule has 1 atom stereocenters. The van der Waals surface area contributed by atoms with E-state index in [2.05, 4.69) is 20.7 Å². The molecule has 0 aliphatic carbocycles. The van der Waals surface area contributed by atoms with Gasteiger partial charge in [0.2, 0.25) is 5.91 Å². The van der Waals surface area contributed by atoms with Gasteiger partial charge in [0.05, 0.1) is 12.6 Å². The number of nitriles is 1. The van der Waals surface area contributed by atoms with Gasteiger partial charge in [-0.05, 0) is 41.6 Å². The molecule has 8 nitrogen and oxygen atoms in total. The van der Waals surface area contributed by atoms with E-state index >= 15 is 0 Å². The third-order valence-electron chi connectivity index (χ3n) is 4.06. The first kappa shape index (κ1) is 20.5. The SMILES string of the molecule is N#CCNC(=O)[C@H](CCc1ccccc1)NC(=O)c1ccc(CN=[N+]=[N-])cc1. The molecule has 0 unspecified atom stereocenters. The number of nitrogens with one attached hydrogen (secondary N) is 2. The van der Waals surface area contributed by atoms with Crippen molar-refractivity contribution >= 4 is 11.8 Å². The molecular formula is C20H20N6O2. The quantitative estimate of drug-likeness (QED) is 0.302. The number of carbonyl (C=O) groups excluding carboxylic acids is 2. The predicted octanol–water partition coefficient (Wildman–Crippen LogP) is 2.87. The number of hydrogen-bond acceptors (Lipinski definition) is 4. The predicted molar refractivity (Wildman–Crippen MR) is 104 cm³/mol. The number of carbonyl (C=O) groups is 2.